The summed E-state index contributed by atoms with van der Waals surface area (Å²) in [5, 5.41) is 15.6. The Hall–Kier alpha value is -11.0. The number of benzene rings is 6. The number of amides is 2. The number of nitrogens with one attached hydrogen (secondary N) is 2. The molecule has 4 heteroatoms. The van der Waals surface area contributed by atoms with Crippen molar-refractivity contribution in [2.75, 3.05) is 13.1 Å². The average molecular weight is 1620 g/mol. The summed E-state index contributed by atoms with van der Waals surface area (Å²) in [6.07, 6.45) is 56.8. The molecule has 0 atom stereocenters. The first-order valence-corrected chi connectivity index (χ1v) is 47.7. The van der Waals surface area contributed by atoms with E-state index in [0.29, 0.717) is 45.8 Å². The maximum Gasteiger partial charge on any atom is 0.251 e. The maximum absolute atomic E-state index is 14.0. The highest BCUT2D eigenvalue weighted by Crippen LogP contribution is 2.22. The Balaban J connectivity index is 1.37. The largest absolute Gasteiger partial charge is 0.352 e. The molecule has 12 bridgehead atoms. The van der Waals surface area contributed by atoms with E-state index in [1.54, 1.807) is 0 Å². The lowest BCUT2D eigenvalue weighted by Gasteiger charge is -2.06. The van der Waals surface area contributed by atoms with Gasteiger partial charge in [-0.1, -0.05) is 358 Å². The standard InChI is InChI=1S/C118H138N2O2/c1-7-13-19-25-31-33-35-37-43-61-79-119-117(121)115-95-111-75-57-53-71-107-85-99(63-45-39-27-21-15-9-3)81-103(89-107)67-49-51-69-105-83-101(65-47-41-29-23-17-11-5)87-109(91-105)73-55-59-77-113-94-114(98-116(97-113)118(122)120-80-62-44-38-36-34-32-26-20-14-8-2)78-60-56-74-110-88-102(66-48-42-30-24-18-12-6)84-106(92-110)70-52-50-68-104-82-100(64-46-40-28-22-16-10-4)86-108(90-104)72-54-58-76-112(93-111)96-115/h81-98H,7-48,61-66,79-80H2,1-6H3,(H,119,121)(H,120,122). The Morgan fingerprint density at radius 3 is 0.484 bits per heavy atom. The van der Waals surface area contributed by atoms with Gasteiger partial charge in [0, 0.05) is 88.9 Å². The molecule has 0 fully saturated rings. The molecule has 0 saturated heterocycles. The first-order valence-electron chi connectivity index (χ1n) is 47.7. The highest BCUT2D eigenvalue weighted by Gasteiger charge is 2.09. The van der Waals surface area contributed by atoms with Crippen LogP contribution in [-0.4, -0.2) is 24.9 Å². The van der Waals surface area contributed by atoms with E-state index in [4.69, 9.17) is 0 Å². The lowest BCUT2D eigenvalue weighted by molar-refractivity contribution is 0.0945. The van der Waals surface area contributed by atoms with Crippen LogP contribution in [0.5, 0.6) is 0 Å². The second-order valence-corrected chi connectivity index (χ2v) is 33.2. The predicted molar refractivity (Wildman–Crippen MR) is 512 cm³/mol. The van der Waals surface area contributed by atoms with Crippen LogP contribution in [0.2, 0.25) is 0 Å². The van der Waals surface area contributed by atoms with Crippen molar-refractivity contribution in [1.29, 1.82) is 0 Å². The van der Waals surface area contributed by atoms with Gasteiger partial charge in [0.05, 0.1) is 0 Å². The van der Waals surface area contributed by atoms with Crippen LogP contribution in [0.3, 0.4) is 0 Å². The first kappa shape index (κ1) is 98.1. The van der Waals surface area contributed by atoms with Crippen LogP contribution in [0.4, 0.5) is 0 Å². The van der Waals surface area contributed by atoms with Crippen LogP contribution in [0.25, 0.3) is 64.6 Å². The fourth-order valence-corrected chi connectivity index (χ4v) is 15.2. The Morgan fingerprint density at radius 2 is 0.320 bits per heavy atom. The topological polar surface area (TPSA) is 58.2 Å². The maximum atomic E-state index is 14.0. The summed E-state index contributed by atoms with van der Waals surface area (Å²) in [4.78, 5) is 28.1. The van der Waals surface area contributed by atoms with E-state index in [1.165, 1.54) is 228 Å². The number of carbonyl (C=O) groups excluding carboxylic acids is 2. The number of hydrogen-bond acceptors (Lipinski definition) is 2. The van der Waals surface area contributed by atoms with Crippen molar-refractivity contribution in [1.82, 2.24) is 10.6 Å². The zero-order valence-electron chi connectivity index (χ0n) is 75.6. The number of hydrogen-bond donors (Lipinski definition) is 2. The van der Waals surface area contributed by atoms with Crippen LogP contribution in [0, 0.1) is 146 Å². The smallest absolute Gasteiger partial charge is 0.251 e. The quantitative estimate of drug-likeness (QED) is 0.0373. The lowest BCUT2D eigenvalue weighted by atomic mass is 10.0. The van der Waals surface area contributed by atoms with E-state index in [9.17, 15) is 9.59 Å². The molecule has 4 nitrogen and oxygen atoms in total. The van der Waals surface area contributed by atoms with Crippen LogP contribution >= 0.6 is 0 Å². The molecule has 7 aromatic rings. The molecular weight excluding hydrogens is 1480 g/mol. The molecule has 7 aromatic carbocycles. The van der Waals surface area contributed by atoms with Gasteiger partial charge in [0.25, 0.3) is 11.8 Å². The van der Waals surface area contributed by atoms with Crippen molar-refractivity contribution < 1.29 is 9.59 Å². The van der Waals surface area contributed by atoms with Gasteiger partial charge in [-0.2, -0.15) is 0 Å². The summed E-state index contributed by atoms with van der Waals surface area (Å²) in [7, 11) is 0. The minimum atomic E-state index is -0.157. The Morgan fingerprint density at radius 1 is 0.180 bits per heavy atom. The van der Waals surface area contributed by atoms with Crippen LogP contribution in [0.15, 0.2) is 109 Å². The minimum Gasteiger partial charge on any atom is -0.352 e. The molecule has 122 heavy (non-hydrogen) atoms. The summed E-state index contributed by atoms with van der Waals surface area (Å²) in [6.45, 7) is 14.7. The number of rotatable bonds is 52. The molecule has 2 amide bonds. The zero-order valence-corrected chi connectivity index (χ0v) is 75.6. The van der Waals surface area contributed by atoms with Gasteiger partial charge in [-0.05, 0) is 268 Å². The van der Waals surface area contributed by atoms with Crippen molar-refractivity contribution in [2.45, 2.75) is 350 Å². The summed E-state index contributed by atoms with van der Waals surface area (Å²) < 4.78 is 0. The van der Waals surface area contributed by atoms with E-state index in [-0.39, 0.29) is 11.8 Å². The molecule has 0 aliphatic carbocycles. The van der Waals surface area contributed by atoms with Gasteiger partial charge in [-0.3, -0.25) is 9.59 Å². The molecule has 2 N–H and O–H groups in total. The molecule has 0 aliphatic rings. The van der Waals surface area contributed by atoms with Crippen LogP contribution in [-0.2, 0) is 25.7 Å². The van der Waals surface area contributed by atoms with Crippen LogP contribution < -0.4 is 10.6 Å². The fraction of sp³-hybridized carbons (Fsp3) is 0.475. The Labute approximate surface area is 742 Å². The van der Waals surface area contributed by atoms with Crippen molar-refractivity contribution in [3.05, 3.63) is 288 Å². The summed E-state index contributed by atoms with van der Waals surface area (Å²) in [5.74, 6) is -0.314. The summed E-state index contributed by atoms with van der Waals surface area (Å²) in [5.41, 5.74) is 5.69. The number of aryl methyl sites for hydroxylation is 4. The Bertz CT molecular complexity index is 4130. The van der Waals surface area contributed by atoms with Gasteiger partial charge in [0.1, 0.15) is 0 Å². The van der Waals surface area contributed by atoms with Crippen molar-refractivity contribution in [3.8, 4) is 0 Å². The minimum absolute atomic E-state index is 0.157. The van der Waals surface area contributed by atoms with E-state index < -0.39 is 0 Å². The van der Waals surface area contributed by atoms with E-state index >= 15 is 0 Å². The molecule has 0 radical (unpaired) electrons. The molecule has 0 aliphatic heterocycles. The van der Waals surface area contributed by atoms with E-state index in [2.05, 4.69) is 246 Å². The molecule has 0 saturated carbocycles. The van der Waals surface area contributed by atoms with Gasteiger partial charge in [-0.15, -0.1) is 0 Å². The van der Waals surface area contributed by atoms with Crippen molar-refractivity contribution >= 4 is 76.4 Å². The lowest BCUT2D eigenvalue weighted by Crippen LogP contribution is -2.24. The molecule has 632 valence electrons. The normalized spacial score (nSPS) is 10.1. The molecule has 0 spiro atoms. The summed E-state index contributed by atoms with van der Waals surface area (Å²) in [6, 6.07) is 115. The van der Waals surface area contributed by atoms with Crippen LogP contribution in [0.1, 0.15) is 367 Å². The third kappa shape index (κ3) is 44.5. The second-order valence-electron chi connectivity index (χ2n) is 33.2. The first-order chi connectivity index (χ1) is 60.1. The van der Waals surface area contributed by atoms with Gasteiger partial charge in [0.2, 0.25) is 0 Å². The third-order valence-corrected chi connectivity index (χ3v) is 22.1. The molecule has 0 heterocycles. The van der Waals surface area contributed by atoms with Gasteiger partial charge < -0.3 is 10.6 Å². The Kier molecular flexibility index (Phi) is 51.4. The highest BCUT2D eigenvalue weighted by molar-refractivity contribution is 5.98. The molecular formula is C118H138N2O2. The molecule has 0 unspecified atom stereocenters. The SMILES string of the molecule is CCCCCCCCCCCCNC(=O)c1cc2c#cc#cc3cc(CCCCCCCC)cc(c#cc#cc4cc(CCCCCCCC)cc(c#cc#cc5cc(C(=O)NCCCCCCCCCCCC)cc(c#cc#cc6cc(CCCCCCCC)cc(c#cc#cc7cc(CCCCCCCC)cc(c#cc#cc(c1)c2)c7)c6)c5)c4)c3. The molecule has 7 rings (SSSR count). The summed E-state index contributed by atoms with van der Waals surface area (Å²) >= 11 is 0. The van der Waals surface area contributed by atoms with Gasteiger partial charge >= 0.3 is 0 Å². The number of fused-ring (bicyclic) bond motifs is 12. The predicted octanol–water partition coefficient (Wildman–Crippen LogP) is 31.2. The van der Waals surface area contributed by atoms with Gasteiger partial charge in [0.15, 0.2) is 0 Å². The van der Waals surface area contributed by atoms with Crippen molar-refractivity contribution in [3.63, 3.8) is 0 Å². The monoisotopic (exact) mass is 1620 g/mol. The van der Waals surface area contributed by atoms with E-state index in [1.807, 2.05) is 60.7 Å². The van der Waals surface area contributed by atoms with E-state index in [0.717, 1.165) is 146 Å². The average Bonchev–Trinajstić information content (AvgIpc) is 0.839. The number of unbranched alkanes of at least 4 members (excludes halogenated alkanes) is 38. The number of carbonyl (C=O) groups is 2. The highest BCUT2D eigenvalue weighted by atomic mass is 16.2. The second kappa shape index (κ2) is 63.9. The fourth-order valence-electron chi connectivity index (χ4n) is 15.2. The molecule has 0 aromatic heterocycles. The van der Waals surface area contributed by atoms with Crippen molar-refractivity contribution in [2.24, 2.45) is 0 Å². The third-order valence-electron chi connectivity index (χ3n) is 22.1. The zero-order chi connectivity index (χ0) is 86.0. The van der Waals surface area contributed by atoms with Gasteiger partial charge in [-0.25, -0.2) is 0 Å².